The van der Waals surface area contributed by atoms with Crippen molar-refractivity contribution in [2.45, 2.75) is 6.92 Å². The minimum atomic E-state index is -0.263. The minimum Gasteiger partial charge on any atom is -0.497 e. The van der Waals surface area contributed by atoms with Crippen LogP contribution in [0, 0.1) is 6.92 Å². The SMILES string of the molecule is COc1ccc(-c2csc(NC(=O)COc3ccccc3C)n2)c(OC)c1. The van der Waals surface area contributed by atoms with Crippen LogP contribution in [0.2, 0.25) is 0 Å². The predicted octanol–water partition coefficient (Wildman–Crippen LogP) is 4.15. The third-order valence-electron chi connectivity index (χ3n) is 3.89. The van der Waals surface area contributed by atoms with Crippen molar-refractivity contribution in [3.05, 3.63) is 53.4 Å². The van der Waals surface area contributed by atoms with Crippen molar-refractivity contribution in [2.75, 3.05) is 26.1 Å². The number of hydrogen-bond donors (Lipinski definition) is 1. The molecule has 0 atom stereocenters. The summed E-state index contributed by atoms with van der Waals surface area (Å²) in [5.41, 5.74) is 2.52. The van der Waals surface area contributed by atoms with Gasteiger partial charge < -0.3 is 14.2 Å². The molecule has 0 fully saturated rings. The first-order chi connectivity index (χ1) is 13.1. The van der Waals surface area contributed by atoms with Gasteiger partial charge in [0.15, 0.2) is 11.7 Å². The first kappa shape index (κ1) is 18.7. The molecule has 1 aromatic heterocycles. The van der Waals surface area contributed by atoms with Crippen molar-refractivity contribution >= 4 is 22.4 Å². The highest BCUT2D eigenvalue weighted by Crippen LogP contribution is 2.34. The van der Waals surface area contributed by atoms with Gasteiger partial charge in [0.25, 0.3) is 5.91 Å². The third kappa shape index (κ3) is 4.57. The van der Waals surface area contributed by atoms with Crippen LogP contribution in [0.1, 0.15) is 5.56 Å². The van der Waals surface area contributed by atoms with Gasteiger partial charge in [-0.1, -0.05) is 18.2 Å². The lowest BCUT2D eigenvalue weighted by Crippen LogP contribution is -2.20. The van der Waals surface area contributed by atoms with Gasteiger partial charge in [-0.05, 0) is 30.7 Å². The van der Waals surface area contributed by atoms with Gasteiger partial charge in [0, 0.05) is 17.0 Å². The molecule has 1 amide bonds. The number of aryl methyl sites for hydroxylation is 1. The number of methoxy groups -OCH3 is 2. The highest BCUT2D eigenvalue weighted by atomic mass is 32.1. The fraction of sp³-hybridized carbons (Fsp3) is 0.200. The summed E-state index contributed by atoms with van der Waals surface area (Å²) < 4.78 is 16.2. The first-order valence-corrected chi connectivity index (χ1v) is 9.15. The molecule has 0 radical (unpaired) electrons. The molecule has 140 valence electrons. The lowest BCUT2D eigenvalue weighted by atomic mass is 10.1. The topological polar surface area (TPSA) is 69.7 Å². The largest absolute Gasteiger partial charge is 0.497 e. The van der Waals surface area contributed by atoms with Crippen molar-refractivity contribution in [3.63, 3.8) is 0 Å². The van der Waals surface area contributed by atoms with E-state index in [1.165, 1.54) is 11.3 Å². The second kappa shape index (κ2) is 8.55. The summed E-state index contributed by atoms with van der Waals surface area (Å²) in [6.45, 7) is 1.86. The molecular weight excluding hydrogens is 364 g/mol. The summed E-state index contributed by atoms with van der Waals surface area (Å²) in [6.07, 6.45) is 0. The Balaban J connectivity index is 1.66. The van der Waals surface area contributed by atoms with E-state index in [1.807, 2.05) is 48.7 Å². The number of ether oxygens (including phenoxy) is 3. The van der Waals surface area contributed by atoms with Crippen LogP contribution in [-0.2, 0) is 4.79 Å². The van der Waals surface area contributed by atoms with Gasteiger partial charge in [-0.3, -0.25) is 10.1 Å². The molecule has 3 rings (SSSR count). The van der Waals surface area contributed by atoms with Gasteiger partial charge in [-0.2, -0.15) is 0 Å². The zero-order valence-corrected chi connectivity index (χ0v) is 16.1. The molecule has 0 aliphatic carbocycles. The van der Waals surface area contributed by atoms with Gasteiger partial charge in [0.1, 0.15) is 17.2 Å². The maximum atomic E-state index is 12.1. The van der Waals surface area contributed by atoms with Gasteiger partial charge in [0.05, 0.1) is 19.9 Å². The van der Waals surface area contributed by atoms with E-state index < -0.39 is 0 Å². The number of thiazole rings is 1. The number of nitrogens with one attached hydrogen (secondary N) is 1. The Morgan fingerprint density at radius 3 is 2.67 bits per heavy atom. The van der Waals surface area contributed by atoms with Gasteiger partial charge in [-0.15, -0.1) is 11.3 Å². The summed E-state index contributed by atoms with van der Waals surface area (Å²) >= 11 is 1.34. The first-order valence-electron chi connectivity index (χ1n) is 8.27. The maximum Gasteiger partial charge on any atom is 0.264 e. The molecule has 1 N–H and O–H groups in total. The molecule has 0 saturated carbocycles. The Hall–Kier alpha value is -3.06. The smallest absolute Gasteiger partial charge is 0.264 e. The lowest BCUT2D eigenvalue weighted by molar-refractivity contribution is -0.118. The molecule has 0 aliphatic heterocycles. The summed E-state index contributed by atoms with van der Waals surface area (Å²) in [5, 5.41) is 5.12. The molecular formula is C20H20N2O4S. The average Bonchev–Trinajstić information content (AvgIpc) is 3.15. The molecule has 0 saturated heterocycles. The van der Waals surface area contributed by atoms with Crippen LogP contribution >= 0.6 is 11.3 Å². The molecule has 0 aliphatic rings. The minimum absolute atomic E-state index is 0.0778. The predicted molar refractivity (Wildman–Crippen MR) is 106 cm³/mol. The Morgan fingerprint density at radius 2 is 1.93 bits per heavy atom. The molecule has 1 heterocycles. The normalized spacial score (nSPS) is 10.3. The molecule has 0 unspecified atom stereocenters. The van der Waals surface area contributed by atoms with Crippen LogP contribution < -0.4 is 19.5 Å². The summed E-state index contributed by atoms with van der Waals surface area (Å²) in [6, 6.07) is 13.1. The number of benzene rings is 2. The maximum absolute atomic E-state index is 12.1. The van der Waals surface area contributed by atoms with E-state index in [-0.39, 0.29) is 12.5 Å². The molecule has 7 heteroatoms. The summed E-state index contributed by atoms with van der Waals surface area (Å²) in [7, 11) is 3.19. The number of aromatic nitrogens is 1. The number of nitrogens with zero attached hydrogens (tertiary/aromatic N) is 1. The number of amides is 1. The van der Waals surface area contributed by atoms with Crippen LogP contribution in [0.3, 0.4) is 0 Å². The monoisotopic (exact) mass is 384 g/mol. The van der Waals surface area contributed by atoms with Crippen LogP contribution in [0.5, 0.6) is 17.2 Å². The molecule has 3 aromatic rings. The highest BCUT2D eigenvalue weighted by molar-refractivity contribution is 7.14. The average molecular weight is 384 g/mol. The number of carbonyl (C=O) groups is 1. The summed E-state index contributed by atoms with van der Waals surface area (Å²) in [5.74, 6) is 1.78. The van der Waals surface area contributed by atoms with Crippen LogP contribution in [0.25, 0.3) is 11.3 Å². The fourth-order valence-electron chi connectivity index (χ4n) is 2.48. The fourth-order valence-corrected chi connectivity index (χ4v) is 3.21. The van der Waals surface area contributed by atoms with E-state index in [1.54, 1.807) is 20.3 Å². The van der Waals surface area contributed by atoms with Crippen LogP contribution in [0.15, 0.2) is 47.8 Å². The highest BCUT2D eigenvalue weighted by Gasteiger charge is 2.13. The standard InChI is InChI=1S/C20H20N2O4S/c1-13-6-4-5-7-17(13)26-11-19(23)22-20-21-16(12-27-20)15-9-8-14(24-2)10-18(15)25-3/h4-10,12H,11H2,1-3H3,(H,21,22,23). The number of carbonyl (C=O) groups excluding carboxylic acids is 1. The van der Waals surface area contributed by atoms with Crippen molar-refractivity contribution in [2.24, 2.45) is 0 Å². The number of para-hydroxylation sites is 1. The molecule has 0 bridgehead atoms. The molecule has 6 nitrogen and oxygen atoms in total. The molecule has 0 spiro atoms. The van der Waals surface area contributed by atoms with Crippen LogP contribution in [-0.4, -0.2) is 31.7 Å². The number of anilines is 1. The van der Waals surface area contributed by atoms with Gasteiger partial charge >= 0.3 is 0 Å². The number of rotatable bonds is 7. The van der Waals surface area contributed by atoms with E-state index in [9.17, 15) is 4.79 Å². The van der Waals surface area contributed by atoms with Crippen molar-refractivity contribution < 1.29 is 19.0 Å². The van der Waals surface area contributed by atoms with Crippen molar-refractivity contribution in [3.8, 4) is 28.5 Å². The Kier molecular flexibility index (Phi) is 5.93. The van der Waals surface area contributed by atoms with Crippen LogP contribution in [0.4, 0.5) is 5.13 Å². The second-order valence-corrected chi connectivity index (χ2v) is 6.56. The van der Waals surface area contributed by atoms with E-state index in [0.717, 1.165) is 16.8 Å². The zero-order chi connectivity index (χ0) is 19.2. The van der Waals surface area contributed by atoms with E-state index >= 15 is 0 Å². The molecule has 27 heavy (non-hydrogen) atoms. The Morgan fingerprint density at radius 1 is 1.11 bits per heavy atom. The second-order valence-electron chi connectivity index (χ2n) is 5.71. The number of hydrogen-bond acceptors (Lipinski definition) is 6. The lowest BCUT2D eigenvalue weighted by Gasteiger charge is -2.09. The zero-order valence-electron chi connectivity index (χ0n) is 15.3. The van der Waals surface area contributed by atoms with E-state index in [4.69, 9.17) is 14.2 Å². The van der Waals surface area contributed by atoms with Gasteiger partial charge in [-0.25, -0.2) is 4.98 Å². The Labute approximate surface area is 161 Å². The van der Waals surface area contributed by atoms with Crippen molar-refractivity contribution in [1.29, 1.82) is 0 Å². The quantitative estimate of drug-likeness (QED) is 0.663. The van der Waals surface area contributed by atoms with Gasteiger partial charge in [0.2, 0.25) is 0 Å². The van der Waals surface area contributed by atoms with E-state index in [0.29, 0.717) is 22.4 Å². The van der Waals surface area contributed by atoms with Crippen molar-refractivity contribution in [1.82, 2.24) is 4.98 Å². The Bertz CT molecular complexity index is 939. The van der Waals surface area contributed by atoms with E-state index in [2.05, 4.69) is 10.3 Å². The third-order valence-corrected chi connectivity index (χ3v) is 4.65. The molecule has 2 aromatic carbocycles. The summed E-state index contributed by atoms with van der Waals surface area (Å²) in [4.78, 5) is 16.6.